The van der Waals surface area contributed by atoms with Crippen molar-refractivity contribution in [3.63, 3.8) is 0 Å². The Bertz CT molecular complexity index is 332. The number of benzene rings is 1. The van der Waals surface area contributed by atoms with Gasteiger partial charge in [-0.2, -0.15) is 0 Å². The fourth-order valence-corrected chi connectivity index (χ4v) is 1.85. The van der Waals surface area contributed by atoms with E-state index in [1.54, 1.807) is 24.3 Å². The first-order valence-electron chi connectivity index (χ1n) is 5.63. The molecule has 0 heterocycles. The number of hydrogen-bond acceptors (Lipinski definition) is 1. The van der Waals surface area contributed by atoms with Crippen molar-refractivity contribution in [2.75, 3.05) is 0 Å². The molecule has 0 aliphatic rings. The number of hydrogen-bond donors (Lipinski definition) is 1. The van der Waals surface area contributed by atoms with Gasteiger partial charge in [-0.1, -0.05) is 49.9 Å². The minimum atomic E-state index is -0.751. The summed E-state index contributed by atoms with van der Waals surface area (Å²) < 4.78 is 0. The molecule has 16 heavy (non-hydrogen) atoms. The highest BCUT2D eigenvalue weighted by molar-refractivity contribution is 6.30. The van der Waals surface area contributed by atoms with Crippen LogP contribution in [0.25, 0.3) is 0 Å². The van der Waals surface area contributed by atoms with Crippen LogP contribution in [0.3, 0.4) is 0 Å². The molecule has 0 spiro atoms. The molecule has 1 unspecified atom stereocenters. The van der Waals surface area contributed by atoms with Crippen molar-refractivity contribution in [3.8, 4) is 0 Å². The molecule has 0 aliphatic carbocycles. The summed E-state index contributed by atoms with van der Waals surface area (Å²) in [6.07, 6.45) is 3.84. The normalized spacial score (nSPS) is 12.4. The van der Waals surface area contributed by atoms with Gasteiger partial charge < -0.3 is 5.11 Å². The second-order valence-electron chi connectivity index (χ2n) is 3.94. The van der Waals surface area contributed by atoms with Gasteiger partial charge >= 0.3 is 5.97 Å². The summed E-state index contributed by atoms with van der Waals surface area (Å²) in [5, 5.41) is 9.80. The summed E-state index contributed by atoms with van der Waals surface area (Å²) in [5.74, 6) is -1.15. The molecule has 0 aliphatic heterocycles. The summed E-state index contributed by atoms with van der Waals surface area (Å²) >= 11 is 5.78. The smallest absolute Gasteiger partial charge is 0.310 e. The van der Waals surface area contributed by atoms with Gasteiger partial charge in [-0.15, -0.1) is 0 Å². The number of aliphatic carboxylic acids is 1. The lowest BCUT2D eigenvalue weighted by Gasteiger charge is -2.12. The minimum Gasteiger partial charge on any atom is -0.481 e. The van der Waals surface area contributed by atoms with Crippen LogP contribution in [0, 0.1) is 0 Å². The molecule has 2 nitrogen and oxygen atoms in total. The van der Waals surface area contributed by atoms with E-state index in [2.05, 4.69) is 6.92 Å². The Labute approximate surface area is 101 Å². The average molecular weight is 241 g/mol. The van der Waals surface area contributed by atoms with Gasteiger partial charge in [-0.25, -0.2) is 0 Å². The average Bonchev–Trinajstić information content (AvgIpc) is 2.26. The van der Waals surface area contributed by atoms with Crippen molar-refractivity contribution in [2.24, 2.45) is 0 Å². The quantitative estimate of drug-likeness (QED) is 0.761. The Balaban J connectivity index is 2.69. The summed E-state index contributed by atoms with van der Waals surface area (Å²) in [7, 11) is 0. The van der Waals surface area contributed by atoms with Crippen LogP contribution in [0.5, 0.6) is 0 Å². The van der Waals surface area contributed by atoms with Crippen LogP contribution in [-0.4, -0.2) is 11.1 Å². The third kappa shape index (κ3) is 3.86. The predicted molar refractivity (Wildman–Crippen MR) is 66.0 cm³/mol. The second-order valence-corrected chi connectivity index (χ2v) is 4.37. The molecule has 0 fully saturated rings. The number of unbranched alkanes of at least 4 members (excludes halogenated alkanes) is 2. The molecule has 1 aromatic carbocycles. The third-order valence-corrected chi connectivity index (χ3v) is 2.92. The Hall–Kier alpha value is -1.02. The van der Waals surface area contributed by atoms with Crippen molar-refractivity contribution in [3.05, 3.63) is 34.9 Å². The number of carboxylic acids is 1. The van der Waals surface area contributed by atoms with Crippen molar-refractivity contribution in [2.45, 2.75) is 38.5 Å². The Kier molecular flexibility index (Phi) is 5.33. The number of carboxylic acid groups (broad SMARTS) is 1. The first-order chi connectivity index (χ1) is 7.65. The van der Waals surface area contributed by atoms with Crippen molar-refractivity contribution in [1.29, 1.82) is 0 Å². The van der Waals surface area contributed by atoms with Crippen LogP contribution in [0.2, 0.25) is 5.02 Å². The zero-order valence-electron chi connectivity index (χ0n) is 9.45. The van der Waals surface area contributed by atoms with Crippen LogP contribution in [0.1, 0.15) is 44.1 Å². The lowest BCUT2D eigenvalue weighted by atomic mass is 9.93. The molecule has 0 bridgehead atoms. The topological polar surface area (TPSA) is 37.3 Å². The zero-order chi connectivity index (χ0) is 12.0. The summed E-state index contributed by atoms with van der Waals surface area (Å²) in [6, 6.07) is 7.08. The number of halogens is 1. The van der Waals surface area contributed by atoms with Gasteiger partial charge in [0.05, 0.1) is 5.92 Å². The molecule has 0 saturated heterocycles. The highest BCUT2D eigenvalue weighted by Crippen LogP contribution is 2.24. The molecule has 1 N–H and O–H groups in total. The maximum Gasteiger partial charge on any atom is 0.310 e. The summed E-state index contributed by atoms with van der Waals surface area (Å²) in [6.45, 7) is 2.11. The van der Waals surface area contributed by atoms with E-state index in [4.69, 9.17) is 16.7 Å². The molecule has 0 saturated carbocycles. The van der Waals surface area contributed by atoms with Crippen molar-refractivity contribution >= 4 is 17.6 Å². The zero-order valence-corrected chi connectivity index (χ0v) is 10.2. The van der Waals surface area contributed by atoms with Crippen LogP contribution in [-0.2, 0) is 4.79 Å². The van der Waals surface area contributed by atoms with E-state index in [1.165, 1.54) is 0 Å². The van der Waals surface area contributed by atoms with Gasteiger partial charge in [0, 0.05) is 5.02 Å². The van der Waals surface area contributed by atoms with E-state index in [0.717, 1.165) is 24.8 Å². The summed E-state index contributed by atoms with van der Waals surface area (Å²) in [4.78, 5) is 11.1. The molecular weight excluding hydrogens is 224 g/mol. The number of rotatable bonds is 6. The van der Waals surface area contributed by atoms with Crippen LogP contribution < -0.4 is 0 Å². The van der Waals surface area contributed by atoms with Crippen molar-refractivity contribution < 1.29 is 9.90 Å². The van der Waals surface area contributed by atoms with Crippen molar-refractivity contribution in [1.82, 2.24) is 0 Å². The maximum atomic E-state index is 11.1. The summed E-state index contributed by atoms with van der Waals surface area (Å²) in [5.41, 5.74) is 0.841. The van der Waals surface area contributed by atoms with Gasteiger partial charge in [0.15, 0.2) is 0 Å². The maximum absolute atomic E-state index is 11.1. The van der Waals surface area contributed by atoms with Gasteiger partial charge in [0.2, 0.25) is 0 Å². The first-order valence-corrected chi connectivity index (χ1v) is 6.01. The second kappa shape index (κ2) is 6.54. The fraction of sp³-hybridized carbons (Fsp3) is 0.462. The SMILES string of the molecule is CCCCCC(C(=O)O)c1ccc(Cl)cc1. The Morgan fingerprint density at radius 2 is 1.94 bits per heavy atom. The standard InChI is InChI=1S/C13H17ClO2/c1-2-3-4-5-12(13(15)16)10-6-8-11(14)9-7-10/h6-9,12H,2-5H2,1H3,(H,15,16). The molecule has 0 aromatic heterocycles. The Morgan fingerprint density at radius 3 is 2.44 bits per heavy atom. The fourth-order valence-electron chi connectivity index (χ4n) is 1.73. The lowest BCUT2D eigenvalue weighted by molar-refractivity contribution is -0.139. The molecule has 1 rings (SSSR count). The molecule has 0 amide bonds. The van der Waals surface area contributed by atoms with Gasteiger partial charge in [0.1, 0.15) is 0 Å². The van der Waals surface area contributed by atoms with E-state index in [-0.39, 0.29) is 0 Å². The van der Waals surface area contributed by atoms with E-state index in [9.17, 15) is 4.79 Å². The predicted octanol–water partition coefficient (Wildman–Crippen LogP) is 4.09. The first kappa shape index (κ1) is 13.0. The molecule has 1 aromatic rings. The number of carbonyl (C=O) groups is 1. The van der Waals surface area contributed by atoms with E-state index in [1.807, 2.05) is 0 Å². The van der Waals surface area contributed by atoms with Gasteiger partial charge in [-0.05, 0) is 24.1 Å². The van der Waals surface area contributed by atoms with Crippen LogP contribution in [0.4, 0.5) is 0 Å². The van der Waals surface area contributed by atoms with E-state index in [0.29, 0.717) is 11.4 Å². The van der Waals surface area contributed by atoms with E-state index >= 15 is 0 Å². The van der Waals surface area contributed by atoms with Gasteiger partial charge in [0.25, 0.3) is 0 Å². The van der Waals surface area contributed by atoms with Gasteiger partial charge in [-0.3, -0.25) is 4.79 Å². The lowest BCUT2D eigenvalue weighted by Crippen LogP contribution is -2.11. The van der Waals surface area contributed by atoms with Crippen LogP contribution in [0.15, 0.2) is 24.3 Å². The minimum absolute atomic E-state index is 0.399. The van der Waals surface area contributed by atoms with E-state index < -0.39 is 11.9 Å². The van der Waals surface area contributed by atoms with Crippen LogP contribution >= 0.6 is 11.6 Å². The highest BCUT2D eigenvalue weighted by atomic mass is 35.5. The highest BCUT2D eigenvalue weighted by Gasteiger charge is 2.18. The molecule has 0 radical (unpaired) electrons. The third-order valence-electron chi connectivity index (χ3n) is 2.67. The largest absolute Gasteiger partial charge is 0.481 e. The molecular formula is C13H17ClO2. The molecule has 3 heteroatoms. The molecule has 88 valence electrons. The Morgan fingerprint density at radius 1 is 1.31 bits per heavy atom. The monoisotopic (exact) mass is 240 g/mol. The molecule has 1 atom stereocenters.